The largest absolute Gasteiger partial charge is 0.467 e. The number of hydrogen-bond donors (Lipinski definition) is 1. The van der Waals surface area contributed by atoms with Gasteiger partial charge in [-0.3, -0.25) is 0 Å². The van der Waals surface area contributed by atoms with Gasteiger partial charge in [0.1, 0.15) is 0 Å². The van der Waals surface area contributed by atoms with Crippen molar-refractivity contribution in [2.75, 3.05) is 14.2 Å². The van der Waals surface area contributed by atoms with Crippen molar-refractivity contribution in [2.45, 2.75) is 32.5 Å². The summed E-state index contributed by atoms with van der Waals surface area (Å²) >= 11 is 0. The highest BCUT2D eigenvalue weighted by molar-refractivity contribution is 5.74. The molecule has 1 N–H and O–H groups in total. The first-order valence-corrected chi connectivity index (χ1v) is 4.31. The standard InChI is InChI=1S/C9H18O4/c1-6(2)5-7(12-3)8(10)9(11)13-4/h6-8,10H,5H2,1-4H3/t7-,8-/m0/s1. The van der Waals surface area contributed by atoms with Crippen LogP contribution in [0.25, 0.3) is 0 Å². The molecule has 0 amide bonds. The number of aliphatic hydroxyl groups excluding tert-OH is 1. The Hall–Kier alpha value is -0.610. The van der Waals surface area contributed by atoms with Crippen molar-refractivity contribution in [3.63, 3.8) is 0 Å². The maximum absolute atomic E-state index is 10.9. The molecule has 0 unspecified atom stereocenters. The quantitative estimate of drug-likeness (QED) is 0.644. The van der Waals surface area contributed by atoms with Crippen molar-refractivity contribution >= 4 is 5.97 Å². The molecule has 4 heteroatoms. The van der Waals surface area contributed by atoms with Crippen LogP contribution in [0, 0.1) is 5.92 Å². The van der Waals surface area contributed by atoms with Crippen molar-refractivity contribution in [2.24, 2.45) is 5.92 Å². The second-order valence-corrected chi connectivity index (χ2v) is 3.37. The second kappa shape index (κ2) is 5.94. The fourth-order valence-electron chi connectivity index (χ4n) is 1.09. The minimum absolute atomic E-state index is 0.365. The Morgan fingerprint density at radius 1 is 1.38 bits per heavy atom. The van der Waals surface area contributed by atoms with Crippen LogP contribution in [0.3, 0.4) is 0 Å². The molecule has 0 spiro atoms. The third-order valence-electron chi connectivity index (χ3n) is 1.80. The van der Waals surface area contributed by atoms with Crippen LogP contribution in [0.2, 0.25) is 0 Å². The summed E-state index contributed by atoms with van der Waals surface area (Å²) in [6, 6.07) is 0. The van der Waals surface area contributed by atoms with Crippen LogP contribution in [0.4, 0.5) is 0 Å². The summed E-state index contributed by atoms with van der Waals surface area (Å²) in [5.41, 5.74) is 0. The van der Waals surface area contributed by atoms with E-state index in [4.69, 9.17) is 4.74 Å². The van der Waals surface area contributed by atoms with Crippen LogP contribution < -0.4 is 0 Å². The van der Waals surface area contributed by atoms with E-state index in [-0.39, 0.29) is 0 Å². The van der Waals surface area contributed by atoms with E-state index in [0.29, 0.717) is 12.3 Å². The first kappa shape index (κ1) is 12.4. The van der Waals surface area contributed by atoms with Gasteiger partial charge in [0.25, 0.3) is 0 Å². The van der Waals surface area contributed by atoms with Crippen molar-refractivity contribution < 1.29 is 19.4 Å². The first-order valence-electron chi connectivity index (χ1n) is 4.31. The lowest BCUT2D eigenvalue weighted by atomic mass is 10.0. The highest BCUT2D eigenvalue weighted by atomic mass is 16.5. The highest BCUT2D eigenvalue weighted by Gasteiger charge is 2.27. The highest BCUT2D eigenvalue weighted by Crippen LogP contribution is 2.12. The molecular weight excluding hydrogens is 172 g/mol. The zero-order chi connectivity index (χ0) is 10.4. The van der Waals surface area contributed by atoms with Gasteiger partial charge in [0, 0.05) is 7.11 Å². The van der Waals surface area contributed by atoms with E-state index in [0.717, 1.165) is 0 Å². The summed E-state index contributed by atoms with van der Waals surface area (Å²) in [6.07, 6.45) is -1.03. The Morgan fingerprint density at radius 2 is 1.92 bits per heavy atom. The van der Waals surface area contributed by atoms with Crippen molar-refractivity contribution in [3.05, 3.63) is 0 Å². The maximum Gasteiger partial charge on any atom is 0.337 e. The zero-order valence-corrected chi connectivity index (χ0v) is 8.61. The number of methoxy groups -OCH3 is 2. The zero-order valence-electron chi connectivity index (χ0n) is 8.61. The summed E-state index contributed by atoms with van der Waals surface area (Å²) in [5.74, 6) is -0.281. The number of carbonyl (C=O) groups is 1. The van der Waals surface area contributed by atoms with E-state index in [1.807, 2.05) is 13.8 Å². The topological polar surface area (TPSA) is 55.8 Å². The molecule has 0 radical (unpaired) electrons. The fraction of sp³-hybridized carbons (Fsp3) is 0.889. The minimum Gasteiger partial charge on any atom is -0.467 e. The van der Waals surface area contributed by atoms with Gasteiger partial charge in [0.05, 0.1) is 13.2 Å². The predicted molar refractivity (Wildman–Crippen MR) is 48.3 cm³/mol. The normalized spacial score (nSPS) is 15.5. The molecule has 0 aromatic carbocycles. The van der Waals surface area contributed by atoms with E-state index in [1.165, 1.54) is 14.2 Å². The predicted octanol–water partition coefficient (Wildman–Crippen LogP) is 0.581. The van der Waals surface area contributed by atoms with E-state index in [1.54, 1.807) is 0 Å². The van der Waals surface area contributed by atoms with Crippen LogP contribution in [-0.4, -0.2) is 37.5 Å². The van der Waals surface area contributed by atoms with Crippen molar-refractivity contribution in [1.29, 1.82) is 0 Å². The average molecular weight is 190 g/mol. The molecule has 0 heterocycles. The molecule has 0 aromatic heterocycles. The molecule has 0 aliphatic carbocycles. The molecule has 13 heavy (non-hydrogen) atoms. The Bertz CT molecular complexity index is 156. The Balaban J connectivity index is 4.14. The fourth-order valence-corrected chi connectivity index (χ4v) is 1.09. The summed E-state index contributed by atoms with van der Waals surface area (Å²) in [4.78, 5) is 10.9. The van der Waals surface area contributed by atoms with Gasteiger partial charge < -0.3 is 14.6 Å². The molecule has 0 bridgehead atoms. The number of hydrogen-bond acceptors (Lipinski definition) is 4. The Labute approximate surface area is 78.8 Å². The summed E-state index contributed by atoms with van der Waals surface area (Å²) in [5, 5.41) is 9.43. The van der Waals surface area contributed by atoms with Gasteiger partial charge in [-0.1, -0.05) is 13.8 Å². The lowest BCUT2D eigenvalue weighted by Gasteiger charge is -2.21. The van der Waals surface area contributed by atoms with Gasteiger partial charge in [-0.05, 0) is 12.3 Å². The molecule has 0 fully saturated rings. The minimum atomic E-state index is -1.18. The number of rotatable bonds is 5. The van der Waals surface area contributed by atoms with Crippen LogP contribution in [-0.2, 0) is 14.3 Å². The summed E-state index contributed by atoms with van der Waals surface area (Å²) in [7, 11) is 2.72. The number of esters is 1. The molecule has 78 valence electrons. The summed E-state index contributed by atoms with van der Waals surface area (Å²) < 4.78 is 9.40. The van der Waals surface area contributed by atoms with Crippen molar-refractivity contribution in [3.8, 4) is 0 Å². The monoisotopic (exact) mass is 190 g/mol. The number of aliphatic hydroxyl groups is 1. The second-order valence-electron chi connectivity index (χ2n) is 3.37. The van der Waals surface area contributed by atoms with Gasteiger partial charge in [0.2, 0.25) is 0 Å². The Kier molecular flexibility index (Phi) is 5.66. The number of carbonyl (C=O) groups excluding carboxylic acids is 1. The van der Waals surface area contributed by atoms with Crippen molar-refractivity contribution in [1.82, 2.24) is 0 Å². The van der Waals surface area contributed by atoms with E-state index in [2.05, 4.69) is 4.74 Å². The molecule has 0 aromatic rings. The first-order chi connectivity index (χ1) is 6.02. The van der Waals surface area contributed by atoms with Gasteiger partial charge in [-0.2, -0.15) is 0 Å². The molecule has 4 nitrogen and oxygen atoms in total. The molecule has 0 saturated carbocycles. The smallest absolute Gasteiger partial charge is 0.337 e. The van der Waals surface area contributed by atoms with E-state index in [9.17, 15) is 9.90 Å². The van der Waals surface area contributed by atoms with Gasteiger partial charge >= 0.3 is 5.97 Å². The molecular formula is C9H18O4. The molecule has 0 saturated heterocycles. The average Bonchev–Trinajstić information content (AvgIpc) is 2.11. The maximum atomic E-state index is 10.9. The lowest BCUT2D eigenvalue weighted by molar-refractivity contribution is -0.158. The van der Waals surface area contributed by atoms with Gasteiger partial charge in [-0.25, -0.2) is 4.79 Å². The van der Waals surface area contributed by atoms with Crippen LogP contribution in [0.15, 0.2) is 0 Å². The van der Waals surface area contributed by atoms with Crippen LogP contribution in [0.1, 0.15) is 20.3 Å². The third-order valence-corrected chi connectivity index (χ3v) is 1.80. The molecule has 2 atom stereocenters. The third kappa shape index (κ3) is 4.24. The number of ether oxygens (including phenoxy) is 2. The lowest BCUT2D eigenvalue weighted by Crippen LogP contribution is -2.37. The molecule has 0 rings (SSSR count). The van der Waals surface area contributed by atoms with Crippen LogP contribution >= 0.6 is 0 Å². The van der Waals surface area contributed by atoms with Crippen LogP contribution in [0.5, 0.6) is 0 Å². The van der Waals surface area contributed by atoms with Gasteiger partial charge in [0.15, 0.2) is 6.10 Å². The SMILES string of the molecule is COC(=O)[C@@H](O)[C@H](CC(C)C)OC. The van der Waals surface area contributed by atoms with E-state index >= 15 is 0 Å². The van der Waals surface area contributed by atoms with E-state index < -0.39 is 18.2 Å². The molecule has 0 aliphatic heterocycles. The molecule has 0 aliphatic rings. The summed E-state index contributed by atoms with van der Waals surface area (Å²) in [6.45, 7) is 3.99. The Morgan fingerprint density at radius 3 is 2.23 bits per heavy atom. The van der Waals surface area contributed by atoms with Gasteiger partial charge in [-0.15, -0.1) is 0 Å².